The molecule has 0 aliphatic rings. The van der Waals surface area contributed by atoms with Crippen molar-refractivity contribution in [3.63, 3.8) is 0 Å². The first kappa shape index (κ1) is 13.3. The first-order valence-corrected chi connectivity index (χ1v) is 6.61. The zero-order valence-electron chi connectivity index (χ0n) is 11.3. The highest BCUT2D eigenvalue weighted by atomic mass is 16.5. The summed E-state index contributed by atoms with van der Waals surface area (Å²) in [6.45, 7) is 4.61. The van der Waals surface area contributed by atoms with Gasteiger partial charge in [-0.05, 0) is 37.1 Å². The van der Waals surface area contributed by atoms with Crippen LogP contribution in [0.3, 0.4) is 0 Å². The van der Waals surface area contributed by atoms with E-state index in [1.165, 1.54) is 5.56 Å². The second-order valence-corrected chi connectivity index (χ2v) is 4.34. The van der Waals surface area contributed by atoms with E-state index in [1.54, 1.807) is 6.07 Å². The molecule has 0 aromatic heterocycles. The van der Waals surface area contributed by atoms with Gasteiger partial charge in [0, 0.05) is 11.1 Å². The quantitative estimate of drug-likeness (QED) is 0.757. The van der Waals surface area contributed by atoms with Gasteiger partial charge in [-0.25, -0.2) is 0 Å². The normalized spacial score (nSPS) is 10.2. The van der Waals surface area contributed by atoms with Crippen molar-refractivity contribution in [3.8, 4) is 5.75 Å². The molecule has 19 heavy (non-hydrogen) atoms. The summed E-state index contributed by atoms with van der Waals surface area (Å²) >= 11 is 0. The molecule has 0 N–H and O–H groups in total. The number of carbonyl (C=O) groups is 1. The van der Waals surface area contributed by atoms with Crippen LogP contribution in [0.1, 0.15) is 35.3 Å². The lowest BCUT2D eigenvalue weighted by molar-refractivity contribution is 0.103. The van der Waals surface area contributed by atoms with Gasteiger partial charge in [0.25, 0.3) is 0 Å². The van der Waals surface area contributed by atoms with Crippen molar-refractivity contribution in [3.05, 3.63) is 65.2 Å². The van der Waals surface area contributed by atoms with Gasteiger partial charge in [0.05, 0.1) is 6.61 Å². The third kappa shape index (κ3) is 3.22. The molecule has 0 heterocycles. The summed E-state index contributed by atoms with van der Waals surface area (Å²) in [6, 6.07) is 15.1. The van der Waals surface area contributed by atoms with E-state index in [0.29, 0.717) is 12.2 Å². The van der Waals surface area contributed by atoms with E-state index >= 15 is 0 Å². The highest BCUT2D eigenvalue weighted by Gasteiger charge is 2.10. The highest BCUT2D eigenvalue weighted by Crippen LogP contribution is 2.17. The van der Waals surface area contributed by atoms with Gasteiger partial charge in [0.2, 0.25) is 0 Å². The largest absolute Gasteiger partial charge is 0.494 e. The van der Waals surface area contributed by atoms with Crippen LogP contribution in [0, 0.1) is 0 Å². The second-order valence-electron chi connectivity index (χ2n) is 4.34. The summed E-state index contributed by atoms with van der Waals surface area (Å²) in [7, 11) is 0. The minimum atomic E-state index is 0.0388. The predicted octanol–water partition coefficient (Wildman–Crippen LogP) is 3.88. The van der Waals surface area contributed by atoms with Crippen molar-refractivity contribution >= 4 is 5.78 Å². The number of hydrogen-bond acceptors (Lipinski definition) is 2. The smallest absolute Gasteiger partial charge is 0.193 e. The van der Waals surface area contributed by atoms with Crippen LogP contribution in [0.4, 0.5) is 0 Å². The van der Waals surface area contributed by atoms with Gasteiger partial charge in [-0.2, -0.15) is 0 Å². The molecule has 0 bridgehead atoms. The van der Waals surface area contributed by atoms with Gasteiger partial charge in [-0.15, -0.1) is 0 Å². The van der Waals surface area contributed by atoms with Crippen LogP contribution in [-0.2, 0) is 6.42 Å². The summed E-state index contributed by atoms with van der Waals surface area (Å²) in [5, 5.41) is 0. The Morgan fingerprint density at radius 3 is 2.37 bits per heavy atom. The molecule has 2 nitrogen and oxygen atoms in total. The topological polar surface area (TPSA) is 26.3 Å². The van der Waals surface area contributed by atoms with Crippen LogP contribution in [0.15, 0.2) is 48.5 Å². The van der Waals surface area contributed by atoms with E-state index in [9.17, 15) is 4.79 Å². The lowest BCUT2D eigenvalue weighted by Crippen LogP contribution is -2.02. The van der Waals surface area contributed by atoms with Crippen LogP contribution in [0.25, 0.3) is 0 Å². The third-order valence-electron chi connectivity index (χ3n) is 3.00. The van der Waals surface area contributed by atoms with Gasteiger partial charge >= 0.3 is 0 Å². The van der Waals surface area contributed by atoms with Crippen molar-refractivity contribution < 1.29 is 9.53 Å². The second kappa shape index (κ2) is 6.19. The summed E-state index contributed by atoms with van der Waals surface area (Å²) in [5.74, 6) is 0.775. The molecular weight excluding hydrogens is 236 g/mol. The Bertz CT molecular complexity index is 573. The zero-order chi connectivity index (χ0) is 13.7. The standard InChI is InChI=1S/C17H18O2/c1-3-13-7-5-8-14(11-13)17(18)15-9-6-10-16(12-15)19-4-2/h5-12H,3-4H2,1-2H3. The van der Waals surface area contributed by atoms with Gasteiger partial charge < -0.3 is 4.74 Å². The molecule has 0 radical (unpaired) electrons. The van der Waals surface area contributed by atoms with Crippen LogP contribution < -0.4 is 4.74 Å². The Morgan fingerprint density at radius 2 is 1.68 bits per heavy atom. The van der Waals surface area contributed by atoms with Gasteiger partial charge in [-0.1, -0.05) is 37.3 Å². The summed E-state index contributed by atoms with van der Waals surface area (Å²) in [6.07, 6.45) is 0.931. The number of rotatable bonds is 5. The molecule has 2 aromatic carbocycles. The fraction of sp³-hybridized carbons (Fsp3) is 0.235. The Balaban J connectivity index is 2.30. The van der Waals surface area contributed by atoms with Crippen molar-refractivity contribution in [2.24, 2.45) is 0 Å². The van der Waals surface area contributed by atoms with E-state index in [-0.39, 0.29) is 5.78 Å². The minimum Gasteiger partial charge on any atom is -0.494 e. The fourth-order valence-corrected chi connectivity index (χ4v) is 1.99. The molecule has 0 spiro atoms. The Hall–Kier alpha value is -2.09. The molecule has 2 rings (SSSR count). The van der Waals surface area contributed by atoms with Gasteiger partial charge in [0.15, 0.2) is 5.78 Å². The monoisotopic (exact) mass is 254 g/mol. The van der Waals surface area contributed by atoms with E-state index < -0.39 is 0 Å². The molecule has 98 valence electrons. The maximum Gasteiger partial charge on any atom is 0.193 e. The lowest BCUT2D eigenvalue weighted by Gasteiger charge is -2.06. The molecule has 0 fully saturated rings. The molecule has 2 heteroatoms. The average molecular weight is 254 g/mol. The molecule has 0 aliphatic heterocycles. The maximum absolute atomic E-state index is 12.4. The van der Waals surface area contributed by atoms with E-state index in [0.717, 1.165) is 17.7 Å². The van der Waals surface area contributed by atoms with Crippen LogP contribution in [0.2, 0.25) is 0 Å². The molecule has 2 aromatic rings. The Labute approximate surface area is 114 Å². The maximum atomic E-state index is 12.4. The van der Waals surface area contributed by atoms with Crippen molar-refractivity contribution in [2.45, 2.75) is 20.3 Å². The van der Waals surface area contributed by atoms with Gasteiger partial charge in [0.1, 0.15) is 5.75 Å². The fourth-order valence-electron chi connectivity index (χ4n) is 1.99. The Kier molecular flexibility index (Phi) is 4.35. The van der Waals surface area contributed by atoms with Crippen LogP contribution in [-0.4, -0.2) is 12.4 Å². The van der Waals surface area contributed by atoms with Crippen molar-refractivity contribution in [1.29, 1.82) is 0 Å². The van der Waals surface area contributed by atoms with Crippen molar-refractivity contribution in [1.82, 2.24) is 0 Å². The number of aryl methyl sites for hydroxylation is 1. The molecule has 0 saturated heterocycles. The molecule has 0 unspecified atom stereocenters. The average Bonchev–Trinajstić information content (AvgIpc) is 2.47. The SMILES string of the molecule is CCOc1cccc(C(=O)c2cccc(CC)c2)c1. The molecule has 0 atom stereocenters. The van der Waals surface area contributed by atoms with Crippen LogP contribution in [0.5, 0.6) is 5.75 Å². The first-order chi connectivity index (χ1) is 9.24. The number of ether oxygens (including phenoxy) is 1. The predicted molar refractivity (Wildman–Crippen MR) is 76.9 cm³/mol. The third-order valence-corrected chi connectivity index (χ3v) is 3.00. The van der Waals surface area contributed by atoms with Gasteiger partial charge in [-0.3, -0.25) is 4.79 Å². The van der Waals surface area contributed by atoms with E-state index in [4.69, 9.17) is 4.74 Å². The highest BCUT2D eigenvalue weighted by molar-refractivity contribution is 6.09. The van der Waals surface area contributed by atoms with E-state index in [2.05, 4.69) is 6.92 Å². The van der Waals surface area contributed by atoms with Crippen molar-refractivity contribution in [2.75, 3.05) is 6.61 Å². The number of hydrogen-bond donors (Lipinski definition) is 0. The lowest BCUT2D eigenvalue weighted by atomic mass is 10.0. The summed E-state index contributed by atoms with van der Waals surface area (Å²) in [5.41, 5.74) is 2.57. The summed E-state index contributed by atoms with van der Waals surface area (Å²) < 4.78 is 5.43. The number of carbonyl (C=O) groups excluding carboxylic acids is 1. The minimum absolute atomic E-state index is 0.0388. The Morgan fingerprint density at radius 1 is 1.00 bits per heavy atom. The van der Waals surface area contributed by atoms with E-state index in [1.807, 2.05) is 49.4 Å². The summed E-state index contributed by atoms with van der Waals surface area (Å²) in [4.78, 5) is 12.4. The number of ketones is 1. The zero-order valence-corrected chi connectivity index (χ0v) is 11.3. The first-order valence-electron chi connectivity index (χ1n) is 6.61. The van der Waals surface area contributed by atoms with Crippen LogP contribution >= 0.6 is 0 Å². The molecule has 0 saturated carbocycles. The number of benzene rings is 2. The molecular formula is C17H18O2. The molecule has 0 amide bonds. The molecule has 0 aliphatic carbocycles.